The van der Waals surface area contributed by atoms with Gasteiger partial charge in [-0.05, 0) is 24.1 Å². The molecule has 1 aliphatic rings. The Balaban J connectivity index is 2.29. The lowest BCUT2D eigenvalue weighted by molar-refractivity contribution is 0.0765. The number of likely N-dealkylation sites (N-methyl/N-ethyl adjacent to an activating group) is 1. The minimum absolute atomic E-state index is 0.0216. The first-order valence-electron chi connectivity index (χ1n) is 5.77. The standard InChI is InChI=1S/C12H17N3O2/c1-15(4-5-16)12(17)11-8-14-7-9-6-13-3-2-10(9)11/h7-8,13,16H,2-6H2,1H3. The molecule has 0 atom stereocenters. The zero-order valence-corrected chi connectivity index (χ0v) is 9.94. The van der Waals surface area contributed by atoms with E-state index in [1.807, 2.05) is 6.20 Å². The molecule has 0 saturated carbocycles. The average molecular weight is 235 g/mol. The third-order valence-electron chi connectivity index (χ3n) is 3.03. The van der Waals surface area contributed by atoms with Crippen molar-refractivity contribution >= 4 is 5.91 Å². The highest BCUT2D eigenvalue weighted by molar-refractivity contribution is 5.95. The van der Waals surface area contributed by atoms with Crippen LogP contribution in [0.1, 0.15) is 21.5 Å². The monoisotopic (exact) mass is 235 g/mol. The molecular weight excluding hydrogens is 218 g/mol. The van der Waals surface area contributed by atoms with Crippen molar-refractivity contribution in [1.82, 2.24) is 15.2 Å². The van der Waals surface area contributed by atoms with Crippen LogP contribution >= 0.6 is 0 Å². The van der Waals surface area contributed by atoms with Crippen LogP contribution in [-0.2, 0) is 13.0 Å². The summed E-state index contributed by atoms with van der Waals surface area (Å²) in [6.45, 7) is 1.99. The van der Waals surface area contributed by atoms with E-state index in [-0.39, 0.29) is 12.5 Å². The van der Waals surface area contributed by atoms with Crippen LogP contribution in [0.15, 0.2) is 12.4 Å². The van der Waals surface area contributed by atoms with E-state index >= 15 is 0 Å². The summed E-state index contributed by atoms with van der Waals surface area (Å²) in [5.41, 5.74) is 2.85. The highest BCUT2D eigenvalue weighted by Gasteiger charge is 2.20. The lowest BCUT2D eigenvalue weighted by Crippen LogP contribution is -2.32. The Morgan fingerprint density at radius 2 is 2.41 bits per heavy atom. The Morgan fingerprint density at radius 3 is 3.18 bits per heavy atom. The second-order valence-electron chi connectivity index (χ2n) is 4.20. The predicted octanol–water partition coefficient (Wildman–Crippen LogP) is -0.208. The summed E-state index contributed by atoms with van der Waals surface area (Å²) >= 11 is 0. The molecule has 2 heterocycles. The Labute approximate surface area is 100 Å². The van der Waals surface area contributed by atoms with Crippen LogP contribution < -0.4 is 5.32 Å². The first-order chi connectivity index (χ1) is 8.24. The number of rotatable bonds is 3. The molecule has 0 aromatic carbocycles. The summed E-state index contributed by atoms with van der Waals surface area (Å²) in [5.74, 6) is -0.0645. The largest absolute Gasteiger partial charge is 0.395 e. The maximum atomic E-state index is 12.2. The SMILES string of the molecule is CN(CCO)C(=O)c1cncc2c1CCNC2. The number of hydrogen-bond donors (Lipinski definition) is 2. The normalized spacial score (nSPS) is 14.2. The van der Waals surface area contributed by atoms with Crippen molar-refractivity contribution in [2.24, 2.45) is 0 Å². The molecule has 0 unspecified atom stereocenters. The number of nitrogens with one attached hydrogen (secondary N) is 1. The van der Waals surface area contributed by atoms with Crippen LogP contribution in [-0.4, -0.2) is 47.6 Å². The van der Waals surface area contributed by atoms with Crippen molar-refractivity contribution in [3.63, 3.8) is 0 Å². The molecular formula is C12H17N3O2. The molecule has 5 nitrogen and oxygen atoms in total. The molecule has 1 aliphatic heterocycles. The van der Waals surface area contributed by atoms with Gasteiger partial charge in [0.15, 0.2) is 0 Å². The second kappa shape index (κ2) is 5.25. The van der Waals surface area contributed by atoms with Crippen LogP contribution in [0.3, 0.4) is 0 Å². The van der Waals surface area contributed by atoms with Gasteiger partial charge >= 0.3 is 0 Å². The minimum Gasteiger partial charge on any atom is -0.395 e. The fourth-order valence-electron chi connectivity index (χ4n) is 2.06. The number of amides is 1. The van der Waals surface area contributed by atoms with Crippen LogP contribution in [0.5, 0.6) is 0 Å². The van der Waals surface area contributed by atoms with Crippen molar-refractivity contribution < 1.29 is 9.90 Å². The molecule has 5 heteroatoms. The van der Waals surface area contributed by atoms with E-state index in [0.29, 0.717) is 12.1 Å². The van der Waals surface area contributed by atoms with Gasteiger partial charge in [0.25, 0.3) is 5.91 Å². The van der Waals surface area contributed by atoms with Crippen LogP contribution in [0.4, 0.5) is 0 Å². The third kappa shape index (κ3) is 2.45. The van der Waals surface area contributed by atoms with Crippen LogP contribution in [0, 0.1) is 0 Å². The van der Waals surface area contributed by atoms with Gasteiger partial charge in [0.1, 0.15) is 0 Å². The molecule has 1 amide bonds. The number of aliphatic hydroxyl groups is 1. The van der Waals surface area contributed by atoms with Gasteiger partial charge in [0.2, 0.25) is 0 Å². The number of aromatic nitrogens is 1. The summed E-state index contributed by atoms with van der Waals surface area (Å²) in [4.78, 5) is 17.8. The molecule has 0 radical (unpaired) electrons. The minimum atomic E-state index is -0.0645. The van der Waals surface area contributed by atoms with Crippen molar-refractivity contribution in [3.8, 4) is 0 Å². The van der Waals surface area contributed by atoms with Crippen molar-refractivity contribution in [2.45, 2.75) is 13.0 Å². The summed E-state index contributed by atoms with van der Waals surface area (Å²) in [6, 6.07) is 0. The fraction of sp³-hybridized carbons (Fsp3) is 0.500. The molecule has 1 aromatic heterocycles. The Bertz CT molecular complexity index is 420. The first-order valence-corrected chi connectivity index (χ1v) is 5.77. The molecule has 2 rings (SSSR count). The van der Waals surface area contributed by atoms with E-state index in [2.05, 4.69) is 10.3 Å². The maximum absolute atomic E-state index is 12.2. The van der Waals surface area contributed by atoms with E-state index in [4.69, 9.17) is 5.11 Å². The van der Waals surface area contributed by atoms with E-state index in [1.165, 1.54) is 4.90 Å². The smallest absolute Gasteiger partial charge is 0.255 e. The van der Waals surface area contributed by atoms with Gasteiger partial charge in [-0.25, -0.2) is 0 Å². The lowest BCUT2D eigenvalue weighted by Gasteiger charge is -2.22. The van der Waals surface area contributed by atoms with Crippen molar-refractivity contribution in [1.29, 1.82) is 0 Å². The molecule has 0 saturated heterocycles. The Morgan fingerprint density at radius 1 is 1.59 bits per heavy atom. The first kappa shape index (κ1) is 12.0. The van der Waals surface area contributed by atoms with Gasteiger partial charge in [-0.15, -0.1) is 0 Å². The van der Waals surface area contributed by atoms with E-state index in [9.17, 15) is 4.79 Å². The Hall–Kier alpha value is -1.46. The highest BCUT2D eigenvalue weighted by atomic mass is 16.3. The number of nitrogens with zero attached hydrogens (tertiary/aromatic N) is 2. The summed E-state index contributed by atoms with van der Waals surface area (Å²) < 4.78 is 0. The molecule has 1 aromatic rings. The zero-order valence-electron chi connectivity index (χ0n) is 9.94. The van der Waals surface area contributed by atoms with E-state index < -0.39 is 0 Å². The fourth-order valence-corrected chi connectivity index (χ4v) is 2.06. The topological polar surface area (TPSA) is 65.5 Å². The van der Waals surface area contributed by atoms with Crippen LogP contribution in [0.25, 0.3) is 0 Å². The van der Waals surface area contributed by atoms with Gasteiger partial charge < -0.3 is 15.3 Å². The quantitative estimate of drug-likeness (QED) is 0.761. The second-order valence-corrected chi connectivity index (χ2v) is 4.20. The predicted molar refractivity (Wildman–Crippen MR) is 63.7 cm³/mol. The summed E-state index contributed by atoms with van der Waals surface area (Å²) in [7, 11) is 1.69. The number of hydrogen-bond acceptors (Lipinski definition) is 4. The molecule has 0 spiro atoms. The summed E-state index contributed by atoms with van der Waals surface area (Å²) in [6.07, 6.45) is 4.29. The van der Waals surface area contributed by atoms with Gasteiger partial charge in [-0.1, -0.05) is 0 Å². The van der Waals surface area contributed by atoms with Gasteiger partial charge in [0, 0.05) is 32.5 Å². The summed E-state index contributed by atoms with van der Waals surface area (Å²) in [5, 5.41) is 12.1. The number of carbonyl (C=O) groups excluding carboxylic acids is 1. The molecule has 17 heavy (non-hydrogen) atoms. The third-order valence-corrected chi connectivity index (χ3v) is 3.03. The van der Waals surface area contributed by atoms with Gasteiger partial charge in [-0.3, -0.25) is 9.78 Å². The number of fused-ring (bicyclic) bond motifs is 1. The lowest BCUT2D eigenvalue weighted by atomic mass is 9.97. The molecule has 92 valence electrons. The molecule has 0 aliphatic carbocycles. The molecule has 0 fully saturated rings. The van der Waals surface area contributed by atoms with Gasteiger partial charge in [-0.2, -0.15) is 0 Å². The Kier molecular flexibility index (Phi) is 3.71. The maximum Gasteiger partial charge on any atom is 0.255 e. The zero-order chi connectivity index (χ0) is 12.3. The van der Waals surface area contributed by atoms with E-state index in [1.54, 1.807) is 13.2 Å². The average Bonchev–Trinajstić information content (AvgIpc) is 2.37. The van der Waals surface area contributed by atoms with Crippen LogP contribution in [0.2, 0.25) is 0 Å². The van der Waals surface area contributed by atoms with Gasteiger partial charge in [0.05, 0.1) is 12.2 Å². The number of pyridine rings is 1. The number of carbonyl (C=O) groups is 1. The highest BCUT2D eigenvalue weighted by Crippen LogP contribution is 2.18. The van der Waals surface area contributed by atoms with Crippen molar-refractivity contribution in [3.05, 3.63) is 29.1 Å². The number of aliphatic hydroxyl groups excluding tert-OH is 1. The van der Waals surface area contributed by atoms with E-state index in [0.717, 1.165) is 30.6 Å². The molecule has 0 bridgehead atoms. The molecule has 2 N–H and O–H groups in total. The van der Waals surface area contributed by atoms with Crippen molar-refractivity contribution in [2.75, 3.05) is 26.7 Å².